The molecule has 0 saturated carbocycles. The molecule has 0 amide bonds. The smallest absolute Gasteiger partial charge is 0.237 e. The SMILES string of the molecule is Cc1nnc(SCc2nc(-c3ccc(C(C)C)cc3)no2)n1C. The Morgan fingerprint density at radius 3 is 2.52 bits per heavy atom. The third-order valence-corrected chi connectivity index (χ3v) is 4.69. The Bertz CT molecular complexity index is 791. The summed E-state index contributed by atoms with van der Waals surface area (Å²) in [5.74, 6) is 3.16. The molecule has 3 rings (SSSR count). The van der Waals surface area contributed by atoms with Crippen LogP contribution in [-0.2, 0) is 12.8 Å². The maximum absolute atomic E-state index is 5.33. The van der Waals surface area contributed by atoms with Crippen molar-refractivity contribution in [1.82, 2.24) is 24.9 Å². The zero-order valence-corrected chi connectivity index (χ0v) is 14.5. The lowest BCUT2D eigenvalue weighted by atomic mass is 10.0. The molecule has 0 N–H and O–H groups in total. The second-order valence-electron chi connectivity index (χ2n) is 5.67. The number of aromatic nitrogens is 5. The van der Waals surface area contributed by atoms with E-state index in [0.717, 1.165) is 16.5 Å². The van der Waals surface area contributed by atoms with Gasteiger partial charge in [0.1, 0.15) is 5.82 Å². The Morgan fingerprint density at radius 2 is 1.91 bits per heavy atom. The summed E-state index contributed by atoms with van der Waals surface area (Å²) in [6.07, 6.45) is 0. The minimum atomic E-state index is 0.510. The van der Waals surface area contributed by atoms with E-state index in [-0.39, 0.29) is 0 Å². The zero-order chi connectivity index (χ0) is 16.4. The fourth-order valence-corrected chi connectivity index (χ4v) is 2.88. The van der Waals surface area contributed by atoms with E-state index in [1.54, 1.807) is 0 Å². The molecule has 3 aromatic rings. The second kappa shape index (κ2) is 6.54. The summed E-state index contributed by atoms with van der Waals surface area (Å²) < 4.78 is 7.26. The van der Waals surface area contributed by atoms with Gasteiger partial charge in [-0.15, -0.1) is 10.2 Å². The van der Waals surface area contributed by atoms with Gasteiger partial charge in [-0.3, -0.25) is 0 Å². The molecule has 120 valence electrons. The van der Waals surface area contributed by atoms with Crippen LogP contribution >= 0.6 is 11.8 Å². The summed E-state index contributed by atoms with van der Waals surface area (Å²) in [7, 11) is 1.94. The van der Waals surface area contributed by atoms with E-state index in [1.165, 1.54) is 17.3 Å². The van der Waals surface area contributed by atoms with Crippen molar-refractivity contribution in [2.75, 3.05) is 0 Å². The Labute approximate surface area is 139 Å². The average molecular weight is 329 g/mol. The van der Waals surface area contributed by atoms with Gasteiger partial charge < -0.3 is 9.09 Å². The van der Waals surface area contributed by atoms with Crippen molar-refractivity contribution in [1.29, 1.82) is 0 Å². The van der Waals surface area contributed by atoms with Crippen molar-refractivity contribution in [3.8, 4) is 11.4 Å². The van der Waals surface area contributed by atoms with Gasteiger partial charge in [0, 0.05) is 12.6 Å². The highest BCUT2D eigenvalue weighted by Gasteiger charge is 2.12. The Kier molecular flexibility index (Phi) is 4.47. The first-order chi connectivity index (χ1) is 11.0. The highest BCUT2D eigenvalue weighted by Crippen LogP contribution is 2.23. The van der Waals surface area contributed by atoms with Crippen LogP contribution in [0.4, 0.5) is 0 Å². The van der Waals surface area contributed by atoms with Crippen LogP contribution in [0, 0.1) is 6.92 Å². The van der Waals surface area contributed by atoms with Crippen LogP contribution in [0.1, 0.15) is 37.0 Å². The zero-order valence-electron chi connectivity index (χ0n) is 13.6. The van der Waals surface area contributed by atoms with Crippen molar-refractivity contribution in [3.05, 3.63) is 41.5 Å². The molecule has 7 heteroatoms. The maximum Gasteiger partial charge on any atom is 0.237 e. The van der Waals surface area contributed by atoms with E-state index in [4.69, 9.17) is 4.52 Å². The van der Waals surface area contributed by atoms with Crippen LogP contribution in [0.2, 0.25) is 0 Å². The van der Waals surface area contributed by atoms with Crippen LogP contribution < -0.4 is 0 Å². The van der Waals surface area contributed by atoms with Gasteiger partial charge in [0.05, 0.1) is 5.75 Å². The van der Waals surface area contributed by atoms with Gasteiger partial charge in [-0.2, -0.15) is 4.98 Å². The molecule has 0 aliphatic rings. The molecule has 6 nitrogen and oxygen atoms in total. The predicted molar refractivity (Wildman–Crippen MR) is 89.1 cm³/mol. The van der Waals surface area contributed by atoms with Gasteiger partial charge in [0.25, 0.3) is 0 Å². The number of rotatable bonds is 5. The molecule has 0 aliphatic carbocycles. The number of nitrogens with zero attached hydrogens (tertiary/aromatic N) is 5. The molecule has 2 heterocycles. The Morgan fingerprint density at radius 1 is 1.17 bits per heavy atom. The van der Waals surface area contributed by atoms with E-state index >= 15 is 0 Å². The topological polar surface area (TPSA) is 69.6 Å². The van der Waals surface area contributed by atoms with E-state index in [9.17, 15) is 0 Å². The Hall–Kier alpha value is -2.15. The number of hydrogen-bond donors (Lipinski definition) is 0. The summed E-state index contributed by atoms with van der Waals surface area (Å²) in [4.78, 5) is 4.45. The first-order valence-electron chi connectivity index (χ1n) is 7.46. The van der Waals surface area contributed by atoms with Crippen LogP contribution in [-0.4, -0.2) is 24.9 Å². The number of thioether (sulfide) groups is 1. The molecule has 0 spiro atoms. The highest BCUT2D eigenvalue weighted by molar-refractivity contribution is 7.98. The van der Waals surface area contributed by atoms with Crippen molar-refractivity contribution >= 4 is 11.8 Å². The summed E-state index contributed by atoms with van der Waals surface area (Å²) in [6.45, 7) is 6.27. The molecule has 1 aromatic carbocycles. The predicted octanol–water partition coefficient (Wildman–Crippen LogP) is 3.59. The van der Waals surface area contributed by atoms with E-state index < -0.39 is 0 Å². The lowest BCUT2D eigenvalue weighted by Gasteiger charge is -2.04. The fraction of sp³-hybridized carbons (Fsp3) is 0.375. The van der Waals surface area contributed by atoms with Crippen molar-refractivity contribution in [2.45, 2.75) is 37.6 Å². The lowest BCUT2D eigenvalue weighted by Crippen LogP contribution is -1.94. The molecule has 0 saturated heterocycles. The van der Waals surface area contributed by atoms with Crippen LogP contribution in [0.3, 0.4) is 0 Å². The van der Waals surface area contributed by atoms with Crippen LogP contribution in [0.25, 0.3) is 11.4 Å². The van der Waals surface area contributed by atoms with Gasteiger partial charge in [-0.25, -0.2) is 0 Å². The van der Waals surface area contributed by atoms with Crippen molar-refractivity contribution in [2.24, 2.45) is 7.05 Å². The minimum absolute atomic E-state index is 0.510. The lowest BCUT2D eigenvalue weighted by molar-refractivity contribution is 0.391. The third-order valence-electron chi connectivity index (χ3n) is 3.68. The normalized spacial score (nSPS) is 11.3. The molecule has 0 atom stereocenters. The number of benzene rings is 1. The minimum Gasteiger partial charge on any atom is -0.338 e. The Balaban J connectivity index is 1.69. The fourth-order valence-electron chi connectivity index (χ4n) is 2.09. The molecule has 23 heavy (non-hydrogen) atoms. The average Bonchev–Trinajstić information content (AvgIpc) is 3.14. The maximum atomic E-state index is 5.33. The monoisotopic (exact) mass is 329 g/mol. The third kappa shape index (κ3) is 3.44. The molecule has 0 radical (unpaired) electrons. The van der Waals surface area contributed by atoms with Crippen LogP contribution in [0.15, 0.2) is 33.9 Å². The summed E-state index contributed by atoms with van der Waals surface area (Å²) >= 11 is 1.53. The first kappa shape index (κ1) is 15.7. The van der Waals surface area contributed by atoms with E-state index in [0.29, 0.717) is 23.4 Å². The van der Waals surface area contributed by atoms with Gasteiger partial charge >= 0.3 is 0 Å². The molecule has 0 bridgehead atoms. The molecule has 0 aliphatic heterocycles. The van der Waals surface area contributed by atoms with Gasteiger partial charge in [0.15, 0.2) is 5.16 Å². The van der Waals surface area contributed by atoms with Crippen LogP contribution in [0.5, 0.6) is 0 Å². The molecular formula is C16H19N5OS. The molecule has 0 fully saturated rings. The van der Waals surface area contributed by atoms with E-state index in [2.05, 4.69) is 46.3 Å². The summed E-state index contributed by atoms with van der Waals surface area (Å²) in [6, 6.07) is 8.27. The quantitative estimate of drug-likeness (QED) is 0.666. The van der Waals surface area contributed by atoms with E-state index in [1.807, 2.05) is 30.7 Å². The van der Waals surface area contributed by atoms with Gasteiger partial charge in [-0.1, -0.05) is 55.0 Å². The standard InChI is InChI=1S/C16H19N5OS/c1-10(2)12-5-7-13(8-6-12)15-17-14(22-20-15)9-23-16-19-18-11(3)21(16)4/h5-8,10H,9H2,1-4H3. The number of aryl methyl sites for hydroxylation is 1. The molecular weight excluding hydrogens is 310 g/mol. The second-order valence-corrected chi connectivity index (χ2v) is 6.61. The summed E-state index contributed by atoms with van der Waals surface area (Å²) in [5.41, 5.74) is 2.26. The highest BCUT2D eigenvalue weighted by atomic mass is 32.2. The van der Waals surface area contributed by atoms with Crippen molar-refractivity contribution < 1.29 is 4.52 Å². The molecule has 2 aromatic heterocycles. The summed E-state index contributed by atoms with van der Waals surface area (Å²) in [5, 5.41) is 13.0. The van der Waals surface area contributed by atoms with Gasteiger partial charge in [0.2, 0.25) is 11.7 Å². The van der Waals surface area contributed by atoms with Crippen molar-refractivity contribution in [3.63, 3.8) is 0 Å². The first-order valence-corrected chi connectivity index (χ1v) is 8.45. The molecule has 0 unspecified atom stereocenters. The number of hydrogen-bond acceptors (Lipinski definition) is 6. The van der Waals surface area contributed by atoms with Gasteiger partial charge in [-0.05, 0) is 18.4 Å². The largest absolute Gasteiger partial charge is 0.338 e.